The molecule has 1 aromatic rings. The quantitative estimate of drug-likeness (QED) is 0.877. The average Bonchev–Trinajstić information content (AvgIpc) is 2.37. The standard InChI is InChI=1S/C14H19F3N2/c1-13(7-3-2-4-8-13)10-19-12-11(14(15,16)17)6-5-9-18-12/h5-6,9H,2-4,7-8,10H2,1H3,(H,18,19). The molecule has 19 heavy (non-hydrogen) atoms. The van der Waals surface area contributed by atoms with Gasteiger partial charge in [0.15, 0.2) is 0 Å². The third kappa shape index (κ3) is 3.61. The molecule has 1 saturated carbocycles. The third-order valence-electron chi connectivity index (χ3n) is 3.86. The van der Waals surface area contributed by atoms with Crippen LogP contribution in [0.2, 0.25) is 0 Å². The smallest absolute Gasteiger partial charge is 0.369 e. The molecule has 1 aliphatic rings. The molecule has 0 unspecified atom stereocenters. The van der Waals surface area contributed by atoms with Gasteiger partial charge in [-0.3, -0.25) is 0 Å². The average molecular weight is 272 g/mol. The molecule has 5 heteroatoms. The van der Waals surface area contributed by atoms with E-state index in [1.807, 2.05) is 0 Å². The predicted octanol–water partition coefficient (Wildman–Crippen LogP) is 4.48. The minimum Gasteiger partial charge on any atom is -0.369 e. The van der Waals surface area contributed by atoms with Gasteiger partial charge in [0.1, 0.15) is 5.82 Å². The van der Waals surface area contributed by atoms with Crippen molar-refractivity contribution in [3.63, 3.8) is 0 Å². The lowest BCUT2D eigenvalue weighted by molar-refractivity contribution is -0.137. The second kappa shape index (κ2) is 5.39. The van der Waals surface area contributed by atoms with E-state index in [9.17, 15) is 13.2 Å². The Bertz CT molecular complexity index is 423. The molecule has 106 valence electrons. The van der Waals surface area contributed by atoms with E-state index in [-0.39, 0.29) is 11.2 Å². The lowest BCUT2D eigenvalue weighted by atomic mass is 9.76. The van der Waals surface area contributed by atoms with Crippen molar-refractivity contribution in [2.24, 2.45) is 5.41 Å². The molecule has 1 heterocycles. The topological polar surface area (TPSA) is 24.9 Å². The number of pyridine rings is 1. The summed E-state index contributed by atoms with van der Waals surface area (Å²) in [4.78, 5) is 3.83. The Morgan fingerprint density at radius 1 is 1.26 bits per heavy atom. The molecule has 0 saturated heterocycles. The van der Waals surface area contributed by atoms with Gasteiger partial charge in [-0.15, -0.1) is 0 Å². The van der Waals surface area contributed by atoms with Crippen LogP contribution < -0.4 is 5.32 Å². The number of anilines is 1. The molecule has 2 rings (SSSR count). The first-order chi connectivity index (χ1) is 8.91. The monoisotopic (exact) mass is 272 g/mol. The Morgan fingerprint density at radius 2 is 1.95 bits per heavy atom. The molecule has 1 aromatic heterocycles. The highest BCUT2D eigenvalue weighted by molar-refractivity contribution is 5.45. The van der Waals surface area contributed by atoms with E-state index in [0.29, 0.717) is 6.54 Å². The number of nitrogens with one attached hydrogen (secondary N) is 1. The van der Waals surface area contributed by atoms with Crippen LogP contribution in [-0.2, 0) is 6.18 Å². The minimum atomic E-state index is -4.36. The zero-order chi connectivity index (χ0) is 13.9. The lowest BCUT2D eigenvalue weighted by Gasteiger charge is -2.34. The first kappa shape index (κ1) is 14.2. The summed E-state index contributed by atoms with van der Waals surface area (Å²) in [6, 6.07) is 2.38. The van der Waals surface area contributed by atoms with Gasteiger partial charge in [-0.25, -0.2) is 4.98 Å². The number of hydrogen-bond acceptors (Lipinski definition) is 2. The van der Waals surface area contributed by atoms with E-state index >= 15 is 0 Å². The molecule has 0 atom stereocenters. The molecule has 2 nitrogen and oxygen atoms in total. The minimum absolute atomic E-state index is 0.0539. The molecule has 0 aromatic carbocycles. The van der Waals surface area contributed by atoms with Crippen molar-refractivity contribution >= 4 is 5.82 Å². The lowest BCUT2D eigenvalue weighted by Crippen LogP contribution is -2.29. The summed E-state index contributed by atoms with van der Waals surface area (Å²) in [7, 11) is 0. The number of hydrogen-bond donors (Lipinski definition) is 1. The number of aromatic nitrogens is 1. The fourth-order valence-corrected chi connectivity index (χ4v) is 2.65. The first-order valence-electron chi connectivity index (χ1n) is 6.67. The summed E-state index contributed by atoms with van der Waals surface area (Å²) in [5, 5.41) is 2.90. The molecule has 0 amide bonds. The van der Waals surface area contributed by atoms with Crippen LogP contribution in [0.1, 0.15) is 44.6 Å². The Kier molecular flexibility index (Phi) is 4.02. The zero-order valence-corrected chi connectivity index (χ0v) is 11.1. The van der Waals surface area contributed by atoms with E-state index in [0.717, 1.165) is 31.7 Å². The summed E-state index contributed by atoms with van der Waals surface area (Å²) in [6.45, 7) is 2.68. The van der Waals surface area contributed by atoms with Gasteiger partial charge in [-0.05, 0) is 30.4 Å². The molecule has 1 N–H and O–H groups in total. The Labute approximate surface area is 111 Å². The summed E-state index contributed by atoms with van der Waals surface area (Å²) in [5.74, 6) is -0.0539. The summed E-state index contributed by atoms with van der Waals surface area (Å²) < 4.78 is 38.5. The maximum atomic E-state index is 12.8. The van der Waals surface area contributed by atoms with Crippen LogP contribution in [0.5, 0.6) is 0 Å². The fourth-order valence-electron chi connectivity index (χ4n) is 2.65. The van der Waals surface area contributed by atoms with Gasteiger partial charge in [0.25, 0.3) is 0 Å². The molecular weight excluding hydrogens is 253 g/mol. The summed E-state index contributed by atoms with van der Waals surface area (Å²) >= 11 is 0. The van der Waals surface area contributed by atoms with Crippen molar-refractivity contribution in [3.05, 3.63) is 23.9 Å². The second-order valence-electron chi connectivity index (χ2n) is 5.62. The van der Waals surface area contributed by atoms with Gasteiger partial charge in [0, 0.05) is 12.7 Å². The zero-order valence-electron chi connectivity index (χ0n) is 11.1. The van der Waals surface area contributed by atoms with Crippen LogP contribution in [0.3, 0.4) is 0 Å². The fraction of sp³-hybridized carbons (Fsp3) is 0.643. The Morgan fingerprint density at radius 3 is 2.58 bits per heavy atom. The number of nitrogens with zero attached hydrogens (tertiary/aromatic N) is 1. The van der Waals surface area contributed by atoms with Gasteiger partial charge in [-0.1, -0.05) is 26.2 Å². The maximum Gasteiger partial charge on any atom is 0.419 e. The van der Waals surface area contributed by atoms with Crippen LogP contribution >= 0.6 is 0 Å². The van der Waals surface area contributed by atoms with E-state index in [1.165, 1.54) is 18.7 Å². The van der Waals surface area contributed by atoms with E-state index in [1.54, 1.807) is 0 Å². The van der Waals surface area contributed by atoms with Crippen molar-refractivity contribution in [2.75, 3.05) is 11.9 Å². The Balaban J connectivity index is 2.07. The largest absolute Gasteiger partial charge is 0.419 e. The van der Waals surface area contributed by atoms with E-state index < -0.39 is 11.7 Å². The number of halogens is 3. The van der Waals surface area contributed by atoms with Crippen LogP contribution in [0.4, 0.5) is 19.0 Å². The molecule has 0 aliphatic heterocycles. The molecular formula is C14H19F3N2. The van der Waals surface area contributed by atoms with Gasteiger partial charge in [0.2, 0.25) is 0 Å². The molecule has 1 fully saturated rings. The van der Waals surface area contributed by atoms with Crippen molar-refractivity contribution in [1.82, 2.24) is 4.98 Å². The van der Waals surface area contributed by atoms with Crippen molar-refractivity contribution < 1.29 is 13.2 Å². The predicted molar refractivity (Wildman–Crippen MR) is 68.9 cm³/mol. The van der Waals surface area contributed by atoms with Crippen LogP contribution in [0.25, 0.3) is 0 Å². The van der Waals surface area contributed by atoms with Crippen molar-refractivity contribution in [3.8, 4) is 0 Å². The van der Waals surface area contributed by atoms with Gasteiger partial charge >= 0.3 is 6.18 Å². The molecule has 0 bridgehead atoms. The Hall–Kier alpha value is -1.26. The number of rotatable bonds is 3. The summed E-state index contributed by atoms with van der Waals surface area (Å²) in [5.41, 5.74) is -0.604. The van der Waals surface area contributed by atoms with Gasteiger partial charge in [-0.2, -0.15) is 13.2 Å². The maximum absolute atomic E-state index is 12.8. The van der Waals surface area contributed by atoms with Crippen LogP contribution in [0, 0.1) is 5.41 Å². The van der Waals surface area contributed by atoms with E-state index in [4.69, 9.17) is 0 Å². The highest BCUT2D eigenvalue weighted by atomic mass is 19.4. The highest BCUT2D eigenvalue weighted by Gasteiger charge is 2.35. The molecule has 0 radical (unpaired) electrons. The normalized spacial score (nSPS) is 19.2. The third-order valence-corrected chi connectivity index (χ3v) is 3.86. The SMILES string of the molecule is CC1(CNc2ncccc2C(F)(F)F)CCCCC1. The second-order valence-corrected chi connectivity index (χ2v) is 5.62. The van der Waals surface area contributed by atoms with Crippen molar-refractivity contribution in [2.45, 2.75) is 45.2 Å². The van der Waals surface area contributed by atoms with Gasteiger partial charge < -0.3 is 5.32 Å². The van der Waals surface area contributed by atoms with Crippen LogP contribution in [-0.4, -0.2) is 11.5 Å². The van der Waals surface area contributed by atoms with Crippen molar-refractivity contribution in [1.29, 1.82) is 0 Å². The summed E-state index contributed by atoms with van der Waals surface area (Å²) in [6.07, 6.45) is 2.71. The first-order valence-corrected chi connectivity index (χ1v) is 6.67. The van der Waals surface area contributed by atoms with Crippen LogP contribution in [0.15, 0.2) is 18.3 Å². The van der Waals surface area contributed by atoms with Gasteiger partial charge in [0.05, 0.1) is 5.56 Å². The molecule has 1 aliphatic carbocycles. The molecule has 0 spiro atoms. The van der Waals surface area contributed by atoms with E-state index in [2.05, 4.69) is 17.2 Å². The highest BCUT2D eigenvalue weighted by Crippen LogP contribution is 2.37. The number of alkyl halides is 3.